The summed E-state index contributed by atoms with van der Waals surface area (Å²) < 4.78 is 0. The van der Waals surface area contributed by atoms with Gasteiger partial charge in [-0.3, -0.25) is 15.5 Å². The highest BCUT2D eigenvalue weighted by molar-refractivity contribution is 5.96. The van der Waals surface area contributed by atoms with Crippen molar-refractivity contribution in [1.29, 1.82) is 5.41 Å². The van der Waals surface area contributed by atoms with E-state index in [9.17, 15) is 4.79 Å². The number of carbonyl (C=O) groups excluding carboxylic acids is 1. The predicted molar refractivity (Wildman–Crippen MR) is 122 cm³/mol. The van der Waals surface area contributed by atoms with Gasteiger partial charge in [-0.05, 0) is 73.5 Å². The molecule has 1 amide bonds. The molecular weight excluding hydrogens is 390 g/mol. The summed E-state index contributed by atoms with van der Waals surface area (Å²) >= 11 is 0. The first kappa shape index (κ1) is 23.3. The highest BCUT2D eigenvalue weighted by Gasteiger charge is 2.41. The van der Waals surface area contributed by atoms with Crippen molar-refractivity contribution in [2.24, 2.45) is 39.2 Å². The Morgan fingerprint density at radius 1 is 1.19 bits per heavy atom. The first-order valence-corrected chi connectivity index (χ1v) is 11.2. The molecular formula is C23H37N7O. The number of benzene rings is 1. The number of amides is 1. The van der Waals surface area contributed by atoms with Crippen molar-refractivity contribution in [1.82, 2.24) is 10.6 Å². The summed E-state index contributed by atoms with van der Waals surface area (Å²) in [5.41, 5.74) is 8.54. The van der Waals surface area contributed by atoms with E-state index in [2.05, 4.69) is 41.7 Å². The maximum Gasteiger partial charge on any atom is 0.251 e. The van der Waals surface area contributed by atoms with Gasteiger partial charge in [0.15, 0.2) is 5.84 Å². The Labute approximate surface area is 185 Å². The van der Waals surface area contributed by atoms with E-state index < -0.39 is 0 Å². The SMILES string of the molecule is CC(C)(C)C1CCC(N)(N[C@@H](c2ccc(C(=O)NCC(=N)/N=N\N)cc2)C2CC2)CC1. The molecule has 0 radical (unpaired) electrons. The molecule has 0 bridgehead atoms. The van der Waals surface area contributed by atoms with Crippen molar-refractivity contribution in [2.75, 3.05) is 6.54 Å². The van der Waals surface area contributed by atoms with Crippen molar-refractivity contribution in [2.45, 2.75) is 71.0 Å². The van der Waals surface area contributed by atoms with Gasteiger partial charge < -0.3 is 16.9 Å². The lowest BCUT2D eigenvalue weighted by Crippen LogP contribution is -2.57. The molecule has 0 aliphatic heterocycles. The molecule has 1 aromatic carbocycles. The van der Waals surface area contributed by atoms with Crippen LogP contribution in [0, 0.1) is 22.7 Å². The van der Waals surface area contributed by atoms with Crippen LogP contribution in [-0.4, -0.2) is 24.0 Å². The monoisotopic (exact) mass is 427 g/mol. The van der Waals surface area contributed by atoms with E-state index in [1.807, 2.05) is 24.3 Å². The summed E-state index contributed by atoms with van der Waals surface area (Å²) in [6.45, 7) is 6.96. The van der Waals surface area contributed by atoms with Crippen LogP contribution >= 0.6 is 0 Å². The van der Waals surface area contributed by atoms with E-state index >= 15 is 0 Å². The maximum atomic E-state index is 12.3. The smallest absolute Gasteiger partial charge is 0.251 e. The van der Waals surface area contributed by atoms with Gasteiger partial charge in [-0.25, -0.2) is 0 Å². The van der Waals surface area contributed by atoms with Gasteiger partial charge in [-0.2, -0.15) is 0 Å². The van der Waals surface area contributed by atoms with E-state index in [-0.39, 0.29) is 30.0 Å². The summed E-state index contributed by atoms with van der Waals surface area (Å²) in [6.07, 6.45) is 6.71. The fraction of sp³-hybridized carbons (Fsp3) is 0.652. The van der Waals surface area contributed by atoms with Gasteiger partial charge in [0.25, 0.3) is 5.91 Å². The molecule has 0 unspecified atom stereocenters. The number of rotatable bonds is 7. The lowest BCUT2D eigenvalue weighted by atomic mass is 9.69. The first-order chi connectivity index (χ1) is 14.6. The molecule has 0 aromatic heterocycles. The molecule has 31 heavy (non-hydrogen) atoms. The van der Waals surface area contributed by atoms with E-state index in [4.69, 9.17) is 17.0 Å². The van der Waals surface area contributed by atoms with Gasteiger partial charge >= 0.3 is 0 Å². The molecule has 7 N–H and O–H groups in total. The van der Waals surface area contributed by atoms with Gasteiger partial charge in [0.05, 0.1) is 12.2 Å². The topological polar surface area (TPSA) is 142 Å². The second-order valence-corrected chi connectivity index (χ2v) is 10.2. The van der Waals surface area contributed by atoms with Crippen LogP contribution in [0.1, 0.15) is 81.3 Å². The van der Waals surface area contributed by atoms with E-state index in [1.54, 1.807) is 0 Å². The Hall–Kier alpha value is -2.32. The Kier molecular flexibility index (Phi) is 7.11. The van der Waals surface area contributed by atoms with Gasteiger partial charge in [-0.15, -0.1) is 5.11 Å². The number of hydrogen-bond acceptors (Lipinski definition) is 5. The average molecular weight is 428 g/mol. The standard InChI is InChI=1S/C23H37N7O/c1-22(2,3)18-10-12-23(25,13-11-18)28-20(15-4-5-15)16-6-8-17(9-7-16)21(31)27-14-19(24)29-30-26/h6-9,15,18,20,28H,4-5,10-14,25H2,1-3H3,(H,27,31)(H3,24,26,29)/t18?,20-,23?/m1/s1. The lowest BCUT2D eigenvalue weighted by Gasteiger charge is -2.44. The minimum absolute atomic E-state index is 0.0151. The highest BCUT2D eigenvalue weighted by Crippen LogP contribution is 2.45. The molecule has 8 heteroatoms. The largest absolute Gasteiger partial charge is 0.345 e. The Bertz CT molecular complexity index is 800. The molecule has 170 valence electrons. The third-order valence-electron chi connectivity index (χ3n) is 6.77. The predicted octanol–water partition coefficient (Wildman–Crippen LogP) is 3.65. The Morgan fingerprint density at radius 3 is 2.32 bits per heavy atom. The minimum Gasteiger partial charge on any atom is -0.345 e. The van der Waals surface area contributed by atoms with Crippen molar-refractivity contribution >= 4 is 11.7 Å². The normalized spacial score (nSPS) is 25.4. The van der Waals surface area contributed by atoms with Crippen LogP contribution in [-0.2, 0) is 0 Å². The van der Waals surface area contributed by atoms with E-state index in [1.165, 1.54) is 18.4 Å². The van der Waals surface area contributed by atoms with Gasteiger partial charge in [-0.1, -0.05) is 38.1 Å². The number of carbonyl (C=O) groups is 1. The van der Waals surface area contributed by atoms with Crippen molar-refractivity contribution in [3.05, 3.63) is 35.4 Å². The molecule has 0 spiro atoms. The number of nitrogens with two attached hydrogens (primary N) is 2. The molecule has 1 aromatic rings. The second kappa shape index (κ2) is 9.44. The number of amidine groups is 1. The van der Waals surface area contributed by atoms with Crippen LogP contribution in [0.15, 0.2) is 34.6 Å². The molecule has 3 rings (SSSR count). The summed E-state index contributed by atoms with van der Waals surface area (Å²) in [5, 5.41) is 20.4. The Balaban J connectivity index is 1.62. The third-order valence-corrected chi connectivity index (χ3v) is 6.77. The molecule has 2 aliphatic carbocycles. The number of nitrogens with zero attached hydrogens (tertiary/aromatic N) is 2. The maximum absolute atomic E-state index is 12.3. The highest BCUT2D eigenvalue weighted by atomic mass is 16.1. The summed E-state index contributed by atoms with van der Waals surface area (Å²) in [6, 6.07) is 7.90. The second-order valence-electron chi connectivity index (χ2n) is 10.2. The lowest BCUT2D eigenvalue weighted by molar-refractivity contribution is 0.0958. The minimum atomic E-state index is -0.330. The quantitative estimate of drug-likeness (QED) is 0.113. The fourth-order valence-corrected chi connectivity index (χ4v) is 4.57. The van der Waals surface area contributed by atoms with Crippen LogP contribution in [0.25, 0.3) is 0 Å². The van der Waals surface area contributed by atoms with Crippen molar-refractivity contribution in [3.8, 4) is 0 Å². The third kappa shape index (κ3) is 6.33. The molecule has 0 heterocycles. The zero-order valence-corrected chi connectivity index (χ0v) is 18.9. The van der Waals surface area contributed by atoms with E-state index in [0.29, 0.717) is 16.9 Å². The molecule has 8 nitrogen and oxygen atoms in total. The summed E-state index contributed by atoms with van der Waals surface area (Å²) in [7, 11) is 0. The molecule has 2 aliphatic rings. The average Bonchev–Trinajstić information content (AvgIpc) is 3.55. The molecule has 1 atom stereocenters. The zero-order chi connectivity index (χ0) is 22.6. The van der Waals surface area contributed by atoms with Crippen molar-refractivity contribution in [3.63, 3.8) is 0 Å². The van der Waals surface area contributed by atoms with Crippen LogP contribution in [0.2, 0.25) is 0 Å². The van der Waals surface area contributed by atoms with Crippen LogP contribution in [0.5, 0.6) is 0 Å². The van der Waals surface area contributed by atoms with Gasteiger partial charge in [0.2, 0.25) is 0 Å². The molecule has 2 saturated carbocycles. The van der Waals surface area contributed by atoms with Crippen LogP contribution in [0.3, 0.4) is 0 Å². The fourth-order valence-electron chi connectivity index (χ4n) is 4.57. The first-order valence-electron chi connectivity index (χ1n) is 11.2. The number of hydrogen-bond donors (Lipinski definition) is 5. The summed E-state index contributed by atoms with van der Waals surface area (Å²) in [4.78, 5) is 12.3. The Morgan fingerprint density at radius 2 is 1.81 bits per heavy atom. The number of nitrogens with one attached hydrogen (secondary N) is 3. The zero-order valence-electron chi connectivity index (χ0n) is 18.9. The van der Waals surface area contributed by atoms with Crippen molar-refractivity contribution < 1.29 is 4.79 Å². The van der Waals surface area contributed by atoms with Gasteiger partial charge in [0.1, 0.15) is 0 Å². The van der Waals surface area contributed by atoms with E-state index in [0.717, 1.165) is 31.6 Å². The molecule has 2 fully saturated rings. The van der Waals surface area contributed by atoms with Gasteiger partial charge in [0, 0.05) is 11.6 Å². The molecule has 0 saturated heterocycles. The van der Waals surface area contributed by atoms with Crippen LogP contribution in [0.4, 0.5) is 0 Å². The summed E-state index contributed by atoms with van der Waals surface area (Å²) in [5.74, 6) is 5.88. The van der Waals surface area contributed by atoms with Crippen LogP contribution < -0.4 is 22.2 Å².